The van der Waals surface area contributed by atoms with E-state index in [1.807, 2.05) is 6.92 Å². The van der Waals surface area contributed by atoms with Gasteiger partial charge >= 0.3 is 0 Å². The Balaban J connectivity index is 2.19. The van der Waals surface area contributed by atoms with E-state index in [4.69, 9.17) is 10.5 Å². The molecule has 5 heteroatoms. The standard InChI is InChI=1S/C14H26N4O/c1-10-5-6-17(8-13(10)15)14-16-11(2)7-18(14)12(3)9-19-4/h7,10,12-13H,5-6,8-9,15H2,1-4H3. The van der Waals surface area contributed by atoms with Crippen LogP contribution in [0.3, 0.4) is 0 Å². The Labute approximate surface area is 115 Å². The van der Waals surface area contributed by atoms with Gasteiger partial charge in [0, 0.05) is 32.4 Å². The predicted octanol–water partition coefficient (Wildman–Crippen LogP) is 1.57. The molecule has 1 aliphatic heterocycles. The van der Waals surface area contributed by atoms with Crippen molar-refractivity contribution in [2.45, 2.75) is 39.3 Å². The minimum Gasteiger partial charge on any atom is -0.383 e. The molecule has 0 aromatic carbocycles. The van der Waals surface area contributed by atoms with Crippen LogP contribution in [0.5, 0.6) is 0 Å². The first-order chi connectivity index (χ1) is 9.02. The fourth-order valence-electron chi connectivity index (χ4n) is 2.66. The minimum atomic E-state index is 0.233. The SMILES string of the molecule is COCC(C)n1cc(C)nc1N1CCC(C)C(N)C1. The Morgan fingerprint density at radius 2 is 2.32 bits per heavy atom. The van der Waals surface area contributed by atoms with Gasteiger partial charge in [0.25, 0.3) is 0 Å². The van der Waals surface area contributed by atoms with E-state index in [1.165, 1.54) is 0 Å². The Hall–Kier alpha value is -1.07. The molecule has 0 bridgehead atoms. The molecule has 2 rings (SSSR count). The van der Waals surface area contributed by atoms with Crippen LogP contribution in [0, 0.1) is 12.8 Å². The summed E-state index contributed by atoms with van der Waals surface area (Å²) in [6.07, 6.45) is 3.23. The molecule has 1 aromatic heterocycles. The van der Waals surface area contributed by atoms with Gasteiger partial charge in [-0.3, -0.25) is 0 Å². The summed E-state index contributed by atoms with van der Waals surface area (Å²) in [6, 6.07) is 0.522. The summed E-state index contributed by atoms with van der Waals surface area (Å²) in [5.41, 5.74) is 7.24. The molecule has 0 saturated carbocycles. The van der Waals surface area contributed by atoms with E-state index >= 15 is 0 Å². The number of imidazole rings is 1. The van der Waals surface area contributed by atoms with Gasteiger partial charge in [-0.2, -0.15) is 0 Å². The third-order valence-electron chi connectivity index (χ3n) is 4.02. The smallest absolute Gasteiger partial charge is 0.206 e. The molecular weight excluding hydrogens is 240 g/mol. The van der Waals surface area contributed by atoms with Gasteiger partial charge in [-0.25, -0.2) is 4.98 Å². The fraction of sp³-hybridized carbons (Fsp3) is 0.786. The molecule has 0 amide bonds. The van der Waals surface area contributed by atoms with E-state index in [0.29, 0.717) is 12.5 Å². The zero-order chi connectivity index (χ0) is 14.0. The quantitative estimate of drug-likeness (QED) is 0.899. The van der Waals surface area contributed by atoms with Crippen molar-refractivity contribution in [3.8, 4) is 0 Å². The largest absolute Gasteiger partial charge is 0.383 e. The van der Waals surface area contributed by atoms with Crippen molar-refractivity contribution in [1.29, 1.82) is 0 Å². The molecule has 1 aliphatic rings. The molecule has 0 spiro atoms. The summed E-state index contributed by atoms with van der Waals surface area (Å²) in [7, 11) is 1.73. The third-order valence-corrected chi connectivity index (χ3v) is 4.02. The summed E-state index contributed by atoms with van der Waals surface area (Å²) < 4.78 is 7.47. The summed E-state index contributed by atoms with van der Waals surface area (Å²) in [6.45, 7) is 9.03. The highest BCUT2D eigenvalue weighted by molar-refractivity contribution is 5.35. The lowest BCUT2D eigenvalue weighted by molar-refractivity contribution is 0.162. The monoisotopic (exact) mass is 266 g/mol. The number of aromatic nitrogens is 2. The first-order valence-electron chi connectivity index (χ1n) is 7.07. The summed E-state index contributed by atoms with van der Waals surface area (Å²) in [5.74, 6) is 1.63. The predicted molar refractivity (Wildman–Crippen MR) is 77.5 cm³/mol. The fourth-order valence-corrected chi connectivity index (χ4v) is 2.66. The first kappa shape index (κ1) is 14.3. The summed E-state index contributed by atoms with van der Waals surface area (Å²) in [4.78, 5) is 6.98. The maximum absolute atomic E-state index is 6.19. The first-order valence-corrected chi connectivity index (χ1v) is 7.07. The molecule has 3 atom stereocenters. The second-order valence-electron chi connectivity index (χ2n) is 5.77. The van der Waals surface area contributed by atoms with Crippen molar-refractivity contribution >= 4 is 5.95 Å². The van der Waals surface area contributed by atoms with Gasteiger partial charge in [0.2, 0.25) is 5.95 Å². The lowest BCUT2D eigenvalue weighted by Crippen LogP contribution is -2.48. The average molecular weight is 266 g/mol. The van der Waals surface area contributed by atoms with Crippen LogP contribution in [0.15, 0.2) is 6.20 Å². The normalized spacial score (nSPS) is 25.6. The van der Waals surface area contributed by atoms with Crippen molar-refractivity contribution in [2.24, 2.45) is 11.7 Å². The zero-order valence-electron chi connectivity index (χ0n) is 12.5. The van der Waals surface area contributed by atoms with E-state index < -0.39 is 0 Å². The van der Waals surface area contributed by atoms with Crippen LogP contribution in [0.2, 0.25) is 0 Å². The molecule has 1 aromatic rings. The number of methoxy groups -OCH3 is 1. The Morgan fingerprint density at radius 1 is 1.58 bits per heavy atom. The van der Waals surface area contributed by atoms with Crippen LogP contribution in [-0.4, -0.2) is 42.4 Å². The number of nitrogens with two attached hydrogens (primary N) is 1. The van der Waals surface area contributed by atoms with Gasteiger partial charge in [-0.1, -0.05) is 6.92 Å². The van der Waals surface area contributed by atoms with Gasteiger partial charge in [0.15, 0.2) is 0 Å². The van der Waals surface area contributed by atoms with Crippen LogP contribution < -0.4 is 10.6 Å². The maximum atomic E-state index is 6.19. The van der Waals surface area contributed by atoms with Gasteiger partial charge in [-0.15, -0.1) is 0 Å². The van der Waals surface area contributed by atoms with Crippen LogP contribution in [-0.2, 0) is 4.74 Å². The lowest BCUT2D eigenvalue weighted by Gasteiger charge is -2.36. The molecule has 2 heterocycles. The maximum Gasteiger partial charge on any atom is 0.206 e. The van der Waals surface area contributed by atoms with Crippen LogP contribution in [0.1, 0.15) is 32.0 Å². The number of nitrogens with zero attached hydrogens (tertiary/aromatic N) is 3. The van der Waals surface area contributed by atoms with Crippen molar-refractivity contribution in [3.63, 3.8) is 0 Å². The van der Waals surface area contributed by atoms with E-state index in [-0.39, 0.29) is 12.1 Å². The Kier molecular flexibility index (Phi) is 4.47. The number of hydrogen-bond donors (Lipinski definition) is 1. The van der Waals surface area contributed by atoms with Crippen molar-refractivity contribution < 1.29 is 4.74 Å². The number of anilines is 1. The summed E-state index contributed by atoms with van der Waals surface area (Å²) >= 11 is 0. The van der Waals surface area contributed by atoms with Crippen LogP contribution in [0.25, 0.3) is 0 Å². The number of aryl methyl sites for hydroxylation is 1. The molecule has 1 fully saturated rings. The van der Waals surface area contributed by atoms with Crippen molar-refractivity contribution in [1.82, 2.24) is 9.55 Å². The Bertz CT molecular complexity index is 418. The molecule has 108 valence electrons. The van der Waals surface area contributed by atoms with Gasteiger partial charge in [-0.05, 0) is 26.2 Å². The van der Waals surface area contributed by atoms with E-state index in [2.05, 4.69) is 34.5 Å². The van der Waals surface area contributed by atoms with Gasteiger partial charge in [0.05, 0.1) is 18.3 Å². The average Bonchev–Trinajstić information content (AvgIpc) is 2.75. The second-order valence-corrected chi connectivity index (χ2v) is 5.77. The number of piperidine rings is 1. The molecule has 3 unspecified atom stereocenters. The molecule has 1 saturated heterocycles. The van der Waals surface area contributed by atoms with E-state index in [1.54, 1.807) is 7.11 Å². The lowest BCUT2D eigenvalue weighted by atomic mass is 9.94. The zero-order valence-corrected chi connectivity index (χ0v) is 12.5. The molecule has 2 N–H and O–H groups in total. The number of ether oxygens (including phenoxy) is 1. The van der Waals surface area contributed by atoms with Crippen LogP contribution >= 0.6 is 0 Å². The highest BCUT2D eigenvalue weighted by atomic mass is 16.5. The van der Waals surface area contributed by atoms with Gasteiger partial charge < -0.3 is 19.9 Å². The molecule has 0 aliphatic carbocycles. The van der Waals surface area contributed by atoms with Crippen molar-refractivity contribution in [3.05, 3.63) is 11.9 Å². The molecular formula is C14H26N4O. The Morgan fingerprint density at radius 3 is 2.95 bits per heavy atom. The van der Waals surface area contributed by atoms with E-state index in [9.17, 15) is 0 Å². The molecule has 5 nitrogen and oxygen atoms in total. The number of rotatable bonds is 4. The third kappa shape index (κ3) is 3.09. The topological polar surface area (TPSA) is 56.3 Å². The molecule has 19 heavy (non-hydrogen) atoms. The van der Waals surface area contributed by atoms with Crippen molar-refractivity contribution in [2.75, 3.05) is 31.7 Å². The second kappa shape index (κ2) is 5.92. The molecule has 0 radical (unpaired) electrons. The highest BCUT2D eigenvalue weighted by Gasteiger charge is 2.26. The van der Waals surface area contributed by atoms with E-state index in [0.717, 1.165) is 31.2 Å². The number of hydrogen-bond acceptors (Lipinski definition) is 4. The minimum absolute atomic E-state index is 0.233. The highest BCUT2D eigenvalue weighted by Crippen LogP contribution is 2.25. The van der Waals surface area contributed by atoms with Gasteiger partial charge in [0.1, 0.15) is 0 Å². The summed E-state index contributed by atoms with van der Waals surface area (Å²) in [5, 5.41) is 0. The van der Waals surface area contributed by atoms with Crippen LogP contribution in [0.4, 0.5) is 5.95 Å².